The minimum Gasteiger partial charge on any atom is -0.479 e. The quantitative estimate of drug-likeness (QED) is 0.781. The number of nitrogens with zero attached hydrogens (tertiary/aromatic N) is 2. The fourth-order valence-electron chi connectivity index (χ4n) is 2.36. The third kappa shape index (κ3) is 3.72. The van der Waals surface area contributed by atoms with Gasteiger partial charge in [0.05, 0.1) is 0 Å². The van der Waals surface area contributed by atoms with Crippen LogP contribution in [0.15, 0.2) is 71.2 Å². The second-order valence-corrected chi connectivity index (χ2v) is 6.04. The third-order valence-electron chi connectivity index (χ3n) is 3.53. The van der Waals surface area contributed by atoms with E-state index in [1.54, 1.807) is 41.9 Å². The van der Waals surface area contributed by atoms with Gasteiger partial charge in [0.15, 0.2) is 10.8 Å². The molecule has 0 fully saturated rings. The van der Waals surface area contributed by atoms with Crippen molar-refractivity contribution in [3.05, 3.63) is 87.9 Å². The van der Waals surface area contributed by atoms with Crippen LogP contribution in [0.25, 0.3) is 0 Å². The van der Waals surface area contributed by atoms with Crippen molar-refractivity contribution in [3.63, 3.8) is 0 Å². The minimum absolute atomic E-state index is 0.230. The number of aromatic nitrogens is 1. The van der Waals surface area contributed by atoms with Gasteiger partial charge < -0.3 is 9.67 Å². The molecule has 0 saturated carbocycles. The van der Waals surface area contributed by atoms with Gasteiger partial charge >= 0.3 is 5.97 Å². The maximum atomic E-state index is 13.0. The Morgan fingerprint density at radius 2 is 1.76 bits per heavy atom. The number of thiazole rings is 1. The number of carbonyl (C=O) groups is 2. The van der Waals surface area contributed by atoms with E-state index in [4.69, 9.17) is 0 Å². The number of hydrogen-bond donors (Lipinski definition) is 1. The number of carbonyl (C=O) groups excluding carboxylic acids is 1. The number of halogens is 1. The molecular formula is C18H13FN2O3S. The van der Waals surface area contributed by atoms with Crippen molar-refractivity contribution in [2.45, 2.75) is 6.04 Å². The van der Waals surface area contributed by atoms with Crippen LogP contribution in [-0.4, -0.2) is 21.6 Å². The lowest BCUT2D eigenvalue weighted by atomic mass is 10.1. The Kier molecular flexibility index (Phi) is 4.85. The number of hydrogen-bond acceptors (Lipinski definition) is 3. The lowest BCUT2D eigenvalue weighted by Gasteiger charge is -2.14. The first-order valence-electron chi connectivity index (χ1n) is 7.34. The zero-order valence-electron chi connectivity index (χ0n) is 12.9. The standard InChI is InChI=1S/C18H13FN2O3S/c19-14-8-6-13(7-9-14)16(22)20-18-21(10-11-25-18)15(17(23)24)12-4-2-1-3-5-12/h1-11,15H,(H,23,24). The van der Waals surface area contributed by atoms with Crippen molar-refractivity contribution in [1.82, 2.24) is 4.57 Å². The van der Waals surface area contributed by atoms with Gasteiger partial charge in [-0.15, -0.1) is 11.3 Å². The molecule has 0 aliphatic heterocycles. The normalized spacial score (nSPS) is 12.8. The zero-order valence-corrected chi connectivity index (χ0v) is 13.7. The number of amides is 1. The predicted octanol–water partition coefficient (Wildman–Crippen LogP) is 3.10. The molecule has 126 valence electrons. The average Bonchev–Trinajstić information content (AvgIpc) is 3.04. The van der Waals surface area contributed by atoms with Crippen molar-refractivity contribution in [2.75, 3.05) is 0 Å². The summed E-state index contributed by atoms with van der Waals surface area (Å²) in [6.07, 6.45) is 1.58. The van der Waals surface area contributed by atoms with Gasteiger partial charge in [-0.05, 0) is 29.8 Å². The van der Waals surface area contributed by atoms with E-state index in [1.165, 1.54) is 28.8 Å². The SMILES string of the molecule is O=C(N=c1sccn1C(C(=O)O)c1ccccc1)c1ccc(F)cc1. The summed E-state index contributed by atoms with van der Waals surface area (Å²) in [6, 6.07) is 12.7. The van der Waals surface area contributed by atoms with Crippen molar-refractivity contribution in [3.8, 4) is 0 Å². The van der Waals surface area contributed by atoms with E-state index >= 15 is 0 Å². The molecular weight excluding hydrogens is 343 g/mol. The summed E-state index contributed by atoms with van der Waals surface area (Å²) in [5.41, 5.74) is 0.803. The smallest absolute Gasteiger partial charge is 0.331 e. The molecule has 1 unspecified atom stereocenters. The van der Waals surface area contributed by atoms with E-state index in [0.29, 0.717) is 5.56 Å². The number of carboxylic acids is 1. The Labute approximate surface area is 146 Å². The minimum atomic E-state index is -1.06. The molecule has 1 N–H and O–H groups in total. The van der Waals surface area contributed by atoms with Crippen LogP contribution in [0, 0.1) is 5.82 Å². The molecule has 25 heavy (non-hydrogen) atoms. The van der Waals surface area contributed by atoms with E-state index < -0.39 is 23.7 Å². The molecule has 1 aromatic heterocycles. The molecule has 0 bridgehead atoms. The molecule has 7 heteroatoms. The Morgan fingerprint density at radius 1 is 1.08 bits per heavy atom. The highest BCUT2D eigenvalue weighted by molar-refractivity contribution is 7.07. The van der Waals surface area contributed by atoms with Crippen molar-refractivity contribution < 1.29 is 19.1 Å². The summed E-state index contributed by atoms with van der Waals surface area (Å²) < 4.78 is 14.4. The van der Waals surface area contributed by atoms with Crippen LogP contribution < -0.4 is 4.80 Å². The lowest BCUT2D eigenvalue weighted by Crippen LogP contribution is -2.28. The van der Waals surface area contributed by atoms with Gasteiger partial charge in [-0.25, -0.2) is 9.18 Å². The number of rotatable bonds is 4. The maximum Gasteiger partial charge on any atom is 0.331 e. The van der Waals surface area contributed by atoms with Crippen LogP contribution in [-0.2, 0) is 4.79 Å². The van der Waals surface area contributed by atoms with Crippen molar-refractivity contribution >= 4 is 23.2 Å². The largest absolute Gasteiger partial charge is 0.479 e. The van der Waals surface area contributed by atoms with Gasteiger partial charge in [-0.3, -0.25) is 4.79 Å². The Morgan fingerprint density at radius 3 is 2.40 bits per heavy atom. The fourth-order valence-corrected chi connectivity index (χ4v) is 3.10. The van der Waals surface area contributed by atoms with E-state index in [9.17, 15) is 19.1 Å². The van der Waals surface area contributed by atoms with E-state index in [-0.39, 0.29) is 10.4 Å². The molecule has 5 nitrogen and oxygen atoms in total. The number of aliphatic carboxylic acids is 1. The molecule has 0 saturated heterocycles. The molecule has 1 atom stereocenters. The number of benzene rings is 2. The van der Waals surface area contributed by atoms with Gasteiger partial charge in [0.2, 0.25) is 0 Å². The topological polar surface area (TPSA) is 71.7 Å². The van der Waals surface area contributed by atoms with Crippen LogP contribution >= 0.6 is 11.3 Å². The van der Waals surface area contributed by atoms with E-state index in [1.807, 2.05) is 0 Å². The van der Waals surface area contributed by atoms with Gasteiger partial charge in [-0.1, -0.05) is 30.3 Å². The summed E-state index contributed by atoms with van der Waals surface area (Å²) in [5.74, 6) is -2.06. The van der Waals surface area contributed by atoms with Crippen LogP contribution in [0.3, 0.4) is 0 Å². The molecule has 0 spiro atoms. The second kappa shape index (κ2) is 7.23. The van der Waals surface area contributed by atoms with Gasteiger partial charge in [0, 0.05) is 17.1 Å². The van der Waals surface area contributed by atoms with Gasteiger partial charge in [0.25, 0.3) is 5.91 Å². The van der Waals surface area contributed by atoms with Crippen molar-refractivity contribution in [2.24, 2.45) is 4.99 Å². The Balaban J connectivity index is 2.03. The monoisotopic (exact) mass is 356 g/mol. The first kappa shape index (κ1) is 16.8. The van der Waals surface area contributed by atoms with Crippen LogP contribution in [0.2, 0.25) is 0 Å². The van der Waals surface area contributed by atoms with Gasteiger partial charge in [-0.2, -0.15) is 4.99 Å². The molecule has 1 amide bonds. The molecule has 1 heterocycles. The van der Waals surface area contributed by atoms with E-state index in [2.05, 4.69) is 4.99 Å². The third-order valence-corrected chi connectivity index (χ3v) is 4.30. The Bertz CT molecular complexity index is 962. The molecule has 0 aliphatic carbocycles. The number of carboxylic acid groups (broad SMARTS) is 1. The molecule has 0 radical (unpaired) electrons. The summed E-state index contributed by atoms with van der Waals surface area (Å²) >= 11 is 1.15. The van der Waals surface area contributed by atoms with Gasteiger partial charge in [0.1, 0.15) is 5.82 Å². The summed E-state index contributed by atoms with van der Waals surface area (Å²) in [6.45, 7) is 0. The summed E-state index contributed by atoms with van der Waals surface area (Å²) in [4.78, 5) is 28.3. The van der Waals surface area contributed by atoms with Crippen LogP contribution in [0.4, 0.5) is 4.39 Å². The molecule has 0 aliphatic rings. The average molecular weight is 356 g/mol. The molecule has 2 aromatic carbocycles. The van der Waals surface area contributed by atoms with Crippen LogP contribution in [0.1, 0.15) is 22.0 Å². The summed E-state index contributed by atoms with van der Waals surface area (Å²) in [7, 11) is 0. The van der Waals surface area contributed by atoms with Crippen molar-refractivity contribution in [1.29, 1.82) is 0 Å². The highest BCUT2D eigenvalue weighted by atomic mass is 32.1. The fraction of sp³-hybridized carbons (Fsp3) is 0.0556. The maximum absolute atomic E-state index is 13.0. The second-order valence-electron chi connectivity index (χ2n) is 5.17. The molecule has 3 aromatic rings. The highest BCUT2D eigenvalue weighted by Crippen LogP contribution is 2.17. The molecule has 3 rings (SSSR count). The first-order valence-corrected chi connectivity index (χ1v) is 8.22. The zero-order chi connectivity index (χ0) is 17.8. The highest BCUT2D eigenvalue weighted by Gasteiger charge is 2.22. The Hall–Kier alpha value is -3.06. The lowest BCUT2D eigenvalue weighted by molar-refractivity contribution is -0.139. The first-order chi connectivity index (χ1) is 12.1. The summed E-state index contributed by atoms with van der Waals surface area (Å²) in [5, 5.41) is 11.3. The van der Waals surface area contributed by atoms with E-state index in [0.717, 1.165) is 11.3 Å². The van der Waals surface area contributed by atoms with Crippen LogP contribution in [0.5, 0.6) is 0 Å². The predicted molar refractivity (Wildman–Crippen MR) is 90.8 cm³/mol.